The summed E-state index contributed by atoms with van der Waals surface area (Å²) in [5, 5.41) is 10.9. The Morgan fingerprint density at radius 2 is 1.72 bits per heavy atom. The molecule has 0 atom stereocenters. The van der Waals surface area contributed by atoms with E-state index in [1.54, 1.807) is 12.1 Å². The van der Waals surface area contributed by atoms with Gasteiger partial charge in [0.15, 0.2) is 0 Å². The Hall–Kier alpha value is -2.47. The highest BCUT2D eigenvalue weighted by molar-refractivity contribution is 6.31. The molecule has 0 aliphatic heterocycles. The molecule has 1 heterocycles. The van der Waals surface area contributed by atoms with Gasteiger partial charge in [-0.3, -0.25) is 0 Å². The van der Waals surface area contributed by atoms with Crippen molar-refractivity contribution in [3.05, 3.63) is 87.2 Å². The summed E-state index contributed by atoms with van der Waals surface area (Å²) in [6.07, 6.45) is 1.91. The molecule has 0 amide bonds. The van der Waals surface area contributed by atoms with E-state index >= 15 is 0 Å². The van der Waals surface area contributed by atoms with Crippen LogP contribution < -0.4 is 0 Å². The minimum absolute atomic E-state index is 0.600. The molecule has 2 aromatic carbocycles. The van der Waals surface area contributed by atoms with Crippen molar-refractivity contribution < 1.29 is 0 Å². The van der Waals surface area contributed by atoms with Crippen LogP contribution in [0.4, 0.5) is 0 Å². The van der Waals surface area contributed by atoms with Crippen LogP contribution in [0.1, 0.15) is 22.5 Å². The van der Waals surface area contributed by atoms with Gasteiger partial charge in [-0.15, -0.1) is 0 Å². The van der Waals surface area contributed by atoms with Crippen LogP contribution in [0.25, 0.3) is 17.3 Å². The van der Waals surface area contributed by atoms with Crippen LogP contribution in [0.15, 0.2) is 54.6 Å². The average molecular weight is 367 g/mol. The van der Waals surface area contributed by atoms with Crippen molar-refractivity contribution in [3.63, 3.8) is 0 Å². The molecule has 0 unspecified atom stereocenters. The van der Waals surface area contributed by atoms with E-state index in [2.05, 4.69) is 16.7 Å². The second kappa shape index (κ2) is 7.19. The minimum atomic E-state index is 0.600. The number of aromatic nitrogens is 1. The molecule has 0 saturated carbocycles. The van der Waals surface area contributed by atoms with Crippen LogP contribution in [0.2, 0.25) is 10.0 Å². The summed E-state index contributed by atoms with van der Waals surface area (Å²) in [4.78, 5) is 0. The Kier molecular flexibility index (Phi) is 4.99. The third-order valence-electron chi connectivity index (χ3n) is 4.11. The third-order valence-corrected chi connectivity index (χ3v) is 4.60. The number of hydrogen-bond donors (Lipinski definition) is 0. The lowest BCUT2D eigenvalue weighted by Gasteiger charge is -2.10. The van der Waals surface area contributed by atoms with Crippen LogP contribution in [0, 0.1) is 25.2 Å². The lowest BCUT2D eigenvalue weighted by atomic mass is 10.0. The molecule has 0 fully saturated rings. The highest BCUT2D eigenvalue weighted by Crippen LogP contribution is 2.26. The molecule has 0 aliphatic rings. The van der Waals surface area contributed by atoms with Gasteiger partial charge >= 0.3 is 0 Å². The van der Waals surface area contributed by atoms with Crippen LogP contribution in [-0.4, -0.2) is 4.57 Å². The summed E-state index contributed by atoms with van der Waals surface area (Å²) in [5.41, 5.74) is 5.60. The summed E-state index contributed by atoms with van der Waals surface area (Å²) in [6.45, 7) is 4.08. The van der Waals surface area contributed by atoms with E-state index in [9.17, 15) is 5.26 Å². The quantitative estimate of drug-likeness (QED) is 0.488. The first kappa shape index (κ1) is 17.4. The first-order valence-corrected chi connectivity index (χ1v) is 8.58. The van der Waals surface area contributed by atoms with Gasteiger partial charge in [-0.25, -0.2) is 0 Å². The zero-order valence-electron chi connectivity index (χ0n) is 13.9. The molecule has 124 valence electrons. The van der Waals surface area contributed by atoms with Gasteiger partial charge in [0.05, 0.1) is 11.6 Å². The minimum Gasteiger partial charge on any atom is -0.318 e. The van der Waals surface area contributed by atoms with Crippen molar-refractivity contribution in [3.8, 4) is 11.8 Å². The molecule has 2 nitrogen and oxygen atoms in total. The molecule has 3 rings (SSSR count). The molecule has 0 aliphatic carbocycles. The standard InChI is InChI=1S/C21H16Cl2N2/c1-14-10-17(11-18(13-24)16-6-8-19(22)9-7-16)15(2)25(14)21-5-3-4-20(23)12-21/h3-12H,1-2H3/b18-11-. The molecular formula is C21H16Cl2N2. The Labute approximate surface area is 157 Å². The van der Waals surface area contributed by atoms with Gasteiger partial charge in [-0.2, -0.15) is 5.26 Å². The van der Waals surface area contributed by atoms with Crippen molar-refractivity contribution in [1.82, 2.24) is 4.57 Å². The van der Waals surface area contributed by atoms with Crippen LogP contribution in [0.5, 0.6) is 0 Å². The molecule has 0 saturated heterocycles. The number of aryl methyl sites for hydroxylation is 1. The fourth-order valence-electron chi connectivity index (χ4n) is 2.91. The average Bonchev–Trinajstić information content (AvgIpc) is 2.87. The van der Waals surface area contributed by atoms with Gasteiger partial charge in [-0.05, 0) is 67.4 Å². The molecule has 3 aromatic rings. The monoisotopic (exact) mass is 366 g/mol. The number of rotatable bonds is 3. The smallest absolute Gasteiger partial charge is 0.0998 e. The van der Waals surface area contributed by atoms with Crippen LogP contribution in [0.3, 0.4) is 0 Å². The summed E-state index contributed by atoms with van der Waals surface area (Å²) < 4.78 is 2.13. The number of halogens is 2. The zero-order chi connectivity index (χ0) is 18.0. The Morgan fingerprint density at radius 3 is 2.36 bits per heavy atom. The molecule has 0 bridgehead atoms. The molecule has 0 spiro atoms. The van der Waals surface area contributed by atoms with E-state index in [4.69, 9.17) is 23.2 Å². The number of allylic oxidation sites excluding steroid dienone is 1. The summed E-state index contributed by atoms with van der Waals surface area (Å²) in [7, 11) is 0. The zero-order valence-corrected chi connectivity index (χ0v) is 15.4. The first-order valence-electron chi connectivity index (χ1n) is 7.82. The van der Waals surface area contributed by atoms with E-state index in [-0.39, 0.29) is 0 Å². The van der Waals surface area contributed by atoms with Crippen molar-refractivity contribution in [2.24, 2.45) is 0 Å². The van der Waals surface area contributed by atoms with Crippen molar-refractivity contribution in [2.75, 3.05) is 0 Å². The maximum atomic E-state index is 9.55. The summed E-state index contributed by atoms with van der Waals surface area (Å²) >= 11 is 12.1. The summed E-state index contributed by atoms with van der Waals surface area (Å²) in [5.74, 6) is 0. The second-order valence-electron chi connectivity index (χ2n) is 5.82. The topological polar surface area (TPSA) is 28.7 Å². The highest BCUT2D eigenvalue weighted by Gasteiger charge is 2.11. The van der Waals surface area contributed by atoms with Gasteiger partial charge in [0.2, 0.25) is 0 Å². The number of benzene rings is 2. The lowest BCUT2D eigenvalue weighted by Crippen LogP contribution is -1.98. The fraction of sp³-hybridized carbons (Fsp3) is 0.0952. The van der Waals surface area contributed by atoms with Crippen molar-refractivity contribution in [1.29, 1.82) is 5.26 Å². The maximum Gasteiger partial charge on any atom is 0.0998 e. The molecule has 0 radical (unpaired) electrons. The SMILES string of the molecule is Cc1cc(/C=C(/C#N)c2ccc(Cl)cc2)c(C)n1-c1cccc(Cl)c1. The largest absolute Gasteiger partial charge is 0.318 e. The molecule has 25 heavy (non-hydrogen) atoms. The molecule has 4 heteroatoms. The van der Waals surface area contributed by atoms with E-state index in [0.29, 0.717) is 15.6 Å². The van der Waals surface area contributed by atoms with E-state index in [1.165, 1.54) is 0 Å². The number of nitrogens with zero attached hydrogens (tertiary/aromatic N) is 2. The van der Waals surface area contributed by atoms with Crippen molar-refractivity contribution >= 4 is 34.9 Å². The van der Waals surface area contributed by atoms with Gasteiger partial charge in [0.1, 0.15) is 0 Å². The Balaban J connectivity index is 2.08. The maximum absolute atomic E-state index is 9.55. The molecule has 1 aromatic heterocycles. The van der Waals surface area contributed by atoms with Crippen LogP contribution in [-0.2, 0) is 0 Å². The first-order chi connectivity index (χ1) is 12.0. The van der Waals surface area contributed by atoms with Gasteiger partial charge in [-0.1, -0.05) is 41.4 Å². The van der Waals surface area contributed by atoms with Crippen molar-refractivity contribution in [2.45, 2.75) is 13.8 Å². The predicted octanol–water partition coefficient (Wildman–Crippen LogP) is 6.47. The van der Waals surface area contributed by atoms with E-state index < -0.39 is 0 Å². The van der Waals surface area contributed by atoms with E-state index in [0.717, 1.165) is 28.2 Å². The van der Waals surface area contributed by atoms with Crippen LogP contribution >= 0.6 is 23.2 Å². The fourth-order valence-corrected chi connectivity index (χ4v) is 3.22. The van der Waals surface area contributed by atoms with Gasteiger partial charge in [0.25, 0.3) is 0 Å². The predicted molar refractivity (Wildman–Crippen MR) is 105 cm³/mol. The van der Waals surface area contributed by atoms with E-state index in [1.807, 2.05) is 56.3 Å². The highest BCUT2D eigenvalue weighted by atomic mass is 35.5. The Morgan fingerprint density at radius 1 is 1.00 bits per heavy atom. The number of nitriles is 1. The molecule has 0 N–H and O–H groups in total. The second-order valence-corrected chi connectivity index (χ2v) is 6.69. The van der Waals surface area contributed by atoms with Gasteiger partial charge in [0, 0.05) is 27.1 Å². The summed E-state index contributed by atoms with van der Waals surface area (Å²) in [6, 6.07) is 19.4. The Bertz CT molecular complexity index is 990. The number of hydrogen-bond acceptors (Lipinski definition) is 1. The van der Waals surface area contributed by atoms with Gasteiger partial charge < -0.3 is 4.57 Å². The lowest BCUT2D eigenvalue weighted by molar-refractivity contribution is 0.965. The third kappa shape index (κ3) is 3.64. The normalized spacial score (nSPS) is 11.4. The molecular weight excluding hydrogens is 351 g/mol.